The van der Waals surface area contributed by atoms with Crippen LogP contribution in [0, 0.1) is 11.8 Å². The molecule has 2 rings (SSSR count). The topological polar surface area (TPSA) is 0 Å². The van der Waals surface area contributed by atoms with Crippen LogP contribution in [0.5, 0.6) is 0 Å². The zero-order chi connectivity index (χ0) is 15.4. The van der Waals surface area contributed by atoms with Gasteiger partial charge in [-0.05, 0) is 0 Å². The van der Waals surface area contributed by atoms with Crippen molar-refractivity contribution in [2.75, 3.05) is 0 Å². The van der Waals surface area contributed by atoms with Crippen LogP contribution < -0.4 is 0 Å². The normalized spacial score (nSPS) is 24.9. The number of halogens is 2. The summed E-state index contributed by atoms with van der Waals surface area (Å²) in [6.07, 6.45) is 0. The van der Waals surface area contributed by atoms with Crippen LogP contribution in [0.15, 0.2) is 40.1 Å². The fourth-order valence-electron chi connectivity index (χ4n) is 3.85. The molecule has 0 aromatic carbocycles. The molecule has 0 nitrogen and oxygen atoms in total. The maximum absolute atomic E-state index is 4.79. The summed E-state index contributed by atoms with van der Waals surface area (Å²) in [5.74, 6) is 1.28. The Balaban J connectivity index is 0.00000220. The van der Waals surface area contributed by atoms with Gasteiger partial charge in [0.1, 0.15) is 0 Å². The van der Waals surface area contributed by atoms with Crippen LogP contribution in [-0.4, -0.2) is 4.26 Å². The van der Waals surface area contributed by atoms with Crippen LogP contribution in [-0.2, 0) is 21.0 Å². The molecular weight excluding hydrogens is 478 g/mol. The molecule has 0 aliphatic heterocycles. The van der Waals surface area contributed by atoms with E-state index >= 15 is 0 Å². The first-order valence-electron chi connectivity index (χ1n) is 7.66. The molecule has 0 radical (unpaired) electrons. The SMILES string of the molecule is Cl.Cl.[CH2]=[Hf]([C]1=C(C)C(C)=C(C)C1C)[C]1=C(C)C(C)=C(C)C1C. The Bertz CT molecular complexity index is 576. The molecular formula is C19H30Cl2Hf. The second-order valence-electron chi connectivity index (χ2n) is 6.62. The van der Waals surface area contributed by atoms with E-state index in [-0.39, 0.29) is 24.8 Å². The van der Waals surface area contributed by atoms with Gasteiger partial charge in [-0.25, -0.2) is 0 Å². The Hall–Kier alpha value is 0.280. The molecule has 0 aromatic heterocycles. The van der Waals surface area contributed by atoms with Crippen LogP contribution in [0.25, 0.3) is 0 Å². The summed E-state index contributed by atoms with van der Waals surface area (Å²) in [6, 6.07) is 0. The van der Waals surface area contributed by atoms with Gasteiger partial charge in [-0.1, -0.05) is 0 Å². The third kappa shape index (κ3) is 3.23. The van der Waals surface area contributed by atoms with Gasteiger partial charge in [0.05, 0.1) is 0 Å². The summed E-state index contributed by atoms with van der Waals surface area (Å²) in [7, 11) is 0. The van der Waals surface area contributed by atoms with Crippen LogP contribution in [0.1, 0.15) is 55.4 Å². The van der Waals surface area contributed by atoms with Crippen molar-refractivity contribution >= 4 is 29.1 Å². The van der Waals surface area contributed by atoms with Gasteiger partial charge in [-0.3, -0.25) is 0 Å². The molecule has 0 N–H and O–H groups in total. The Kier molecular flexibility index (Phi) is 8.00. The van der Waals surface area contributed by atoms with E-state index in [0.29, 0.717) is 11.8 Å². The number of rotatable bonds is 2. The summed E-state index contributed by atoms with van der Waals surface area (Å²) in [5, 5.41) is 0. The minimum atomic E-state index is -2.11. The van der Waals surface area contributed by atoms with Crippen molar-refractivity contribution in [3.63, 3.8) is 0 Å². The molecule has 2 aliphatic carbocycles. The predicted octanol–water partition coefficient (Wildman–Crippen LogP) is 6.40. The van der Waals surface area contributed by atoms with Gasteiger partial charge >= 0.3 is 133 Å². The van der Waals surface area contributed by atoms with Crippen molar-refractivity contribution in [1.29, 1.82) is 0 Å². The third-order valence-corrected chi connectivity index (χ3v) is 16.4. The van der Waals surface area contributed by atoms with E-state index in [0.717, 1.165) is 0 Å². The van der Waals surface area contributed by atoms with Gasteiger partial charge in [0.2, 0.25) is 0 Å². The van der Waals surface area contributed by atoms with Gasteiger partial charge in [-0.2, -0.15) is 0 Å². The molecule has 124 valence electrons. The molecule has 0 heterocycles. The van der Waals surface area contributed by atoms with Gasteiger partial charge in [0.25, 0.3) is 0 Å². The van der Waals surface area contributed by atoms with E-state index in [1.165, 1.54) is 11.1 Å². The van der Waals surface area contributed by atoms with E-state index < -0.39 is 21.0 Å². The average Bonchev–Trinajstić information content (AvgIpc) is 2.71. The zero-order valence-electron chi connectivity index (χ0n) is 15.2. The Morgan fingerprint density at radius 1 is 0.636 bits per heavy atom. The van der Waals surface area contributed by atoms with Gasteiger partial charge in [0, 0.05) is 0 Å². The van der Waals surface area contributed by atoms with Crippen molar-refractivity contribution < 1.29 is 21.0 Å². The molecule has 0 saturated heterocycles. The van der Waals surface area contributed by atoms with Crippen LogP contribution in [0.3, 0.4) is 0 Å². The van der Waals surface area contributed by atoms with Crippen molar-refractivity contribution in [3.05, 3.63) is 40.1 Å². The van der Waals surface area contributed by atoms with Crippen LogP contribution >= 0.6 is 24.8 Å². The molecule has 22 heavy (non-hydrogen) atoms. The summed E-state index contributed by atoms with van der Waals surface area (Å²) in [5.41, 5.74) is 9.36. The first-order chi connectivity index (χ1) is 9.20. The van der Waals surface area contributed by atoms with Gasteiger partial charge < -0.3 is 0 Å². The van der Waals surface area contributed by atoms with E-state index in [1.807, 2.05) is 0 Å². The van der Waals surface area contributed by atoms with Crippen molar-refractivity contribution in [3.8, 4) is 0 Å². The first kappa shape index (κ1) is 22.3. The number of allylic oxidation sites excluding steroid dienone is 8. The van der Waals surface area contributed by atoms with E-state index in [9.17, 15) is 0 Å². The maximum atomic E-state index is 4.79. The monoisotopic (exact) mass is 508 g/mol. The van der Waals surface area contributed by atoms with Crippen LogP contribution in [0.4, 0.5) is 0 Å². The van der Waals surface area contributed by atoms with Gasteiger partial charge in [0.15, 0.2) is 0 Å². The summed E-state index contributed by atoms with van der Waals surface area (Å²) < 4.78 is 8.30. The van der Waals surface area contributed by atoms with E-state index in [1.54, 1.807) is 29.0 Å². The molecule has 0 bridgehead atoms. The second kappa shape index (κ2) is 7.90. The molecule has 0 spiro atoms. The van der Waals surface area contributed by atoms with Crippen molar-refractivity contribution in [1.82, 2.24) is 0 Å². The Morgan fingerprint density at radius 2 is 0.909 bits per heavy atom. The molecule has 2 unspecified atom stereocenters. The fraction of sp³-hybridized carbons (Fsp3) is 0.526. The molecule has 0 amide bonds. The fourth-order valence-corrected chi connectivity index (χ4v) is 14.8. The predicted molar refractivity (Wildman–Crippen MR) is 102 cm³/mol. The molecule has 3 heteroatoms. The summed E-state index contributed by atoms with van der Waals surface area (Å²) in [6.45, 7) is 18.6. The zero-order valence-corrected chi connectivity index (χ0v) is 20.4. The standard InChI is InChI=1S/2C9H13.CH2.2ClH.Hf/c2*1-6-5-7(2)9(4)8(6)3;;;;/h2*6H,1-4H3;1H2;2*1H;. The van der Waals surface area contributed by atoms with Crippen molar-refractivity contribution in [2.24, 2.45) is 11.8 Å². The Morgan fingerprint density at radius 3 is 1.09 bits per heavy atom. The summed E-state index contributed by atoms with van der Waals surface area (Å²) >= 11 is -2.11. The molecule has 2 aliphatic rings. The average molecular weight is 508 g/mol. The van der Waals surface area contributed by atoms with Crippen molar-refractivity contribution in [2.45, 2.75) is 55.4 Å². The quantitative estimate of drug-likeness (QED) is 0.379. The number of hydrogen-bond acceptors (Lipinski definition) is 0. The second-order valence-corrected chi connectivity index (χ2v) is 13.9. The Labute approximate surface area is 156 Å². The van der Waals surface area contributed by atoms with E-state index in [4.69, 9.17) is 4.26 Å². The molecule has 0 aromatic rings. The molecule has 0 fully saturated rings. The first-order valence-corrected chi connectivity index (χ1v) is 13.8. The molecule has 2 atom stereocenters. The van der Waals surface area contributed by atoms with Crippen LogP contribution in [0.2, 0.25) is 0 Å². The third-order valence-electron chi connectivity index (χ3n) is 5.93. The molecule has 0 saturated carbocycles. The summed E-state index contributed by atoms with van der Waals surface area (Å²) in [4.78, 5) is 0. The number of hydrogen-bond donors (Lipinski definition) is 0. The minimum absolute atomic E-state index is 0. The van der Waals surface area contributed by atoms with E-state index in [2.05, 4.69) is 55.4 Å². The van der Waals surface area contributed by atoms with Gasteiger partial charge in [-0.15, -0.1) is 24.8 Å².